The maximum Gasteiger partial charge on any atom is 0.224 e. The van der Waals surface area contributed by atoms with Crippen LogP contribution in [0.15, 0.2) is 72.9 Å². The molecule has 1 amide bonds. The van der Waals surface area contributed by atoms with Crippen LogP contribution in [0.25, 0.3) is 16.7 Å². The fourth-order valence-electron chi connectivity index (χ4n) is 4.62. The van der Waals surface area contributed by atoms with E-state index < -0.39 is 0 Å². The second-order valence-corrected chi connectivity index (χ2v) is 8.65. The quantitative estimate of drug-likeness (QED) is 0.365. The van der Waals surface area contributed by atoms with Gasteiger partial charge in [-0.1, -0.05) is 36.4 Å². The Balaban J connectivity index is 1.27. The van der Waals surface area contributed by atoms with E-state index in [9.17, 15) is 9.90 Å². The zero-order valence-corrected chi connectivity index (χ0v) is 19.5. The second kappa shape index (κ2) is 10.6. The Hall–Kier alpha value is -3.91. The monoisotopic (exact) mass is 471 g/mol. The highest BCUT2D eigenvalue weighted by atomic mass is 16.5. The van der Waals surface area contributed by atoms with Gasteiger partial charge in [-0.2, -0.15) is 0 Å². The van der Waals surface area contributed by atoms with Crippen LogP contribution >= 0.6 is 0 Å². The predicted octanol–water partition coefficient (Wildman–Crippen LogP) is 3.12. The molecule has 35 heavy (non-hydrogen) atoms. The number of anilines is 1. The lowest BCUT2D eigenvalue weighted by Gasteiger charge is -2.23. The van der Waals surface area contributed by atoms with Crippen molar-refractivity contribution in [2.75, 3.05) is 31.2 Å². The first-order valence-corrected chi connectivity index (χ1v) is 12.0. The van der Waals surface area contributed by atoms with Gasteiger partial charge in [-0.05, 0) is 48.7 Å². The number of aromatic nitrogens is 3. The van der Waals surface area contributed by atoms with Gasteiger partial charge in [-0.15, -0.1) is 10.2 Å². The number of hydrogen-bond acceptors (Lipinski definition) is 6. The molecular formula is C27H29N5O3. The molecule has 4 aromatic rings. The van der Waals surface area contributed by atoms with Crippen LogP contribution in [0.3, 0.4) is 0 Å². The van der Waals surface area contributed by atoms with Gasteiger partial charge in [0.2, 0.25) is 5.91 Å². The molecule has 5 rings (SSSR count). The van der Waals surface area contributed by atoms with Crippen LogP contribution in [-0.4, -0.2) is 58.1 Å². The van der Waals surface area contributed by atoms with E-state index in [0.29, 0.717) is 19.0 Å². The minimum absolute atomic E-state index is 0.0601. The maximum absolute atomic E-state index is 12.6. The minimum Gasteiger partial charge on any atom is -0.492 e. The first kappa shape index (κ1) is 22.9. The molecule has 1 aliphatic heterocycles. The largest absolute Gasteiger partial charge is 0.492 e. The van der Waals surface area contributed by atoms with Crippen LogP contribution in [0.2, 0.25) is 0 Å². The van der Waals surface area contributed by atoms with Crippen molar-refractivity contribution in [3.8, 4) is 11.6 Å². The summed E-state index contributed by atoms with van der Waals surface area (Å²) in [4.78, 5) is 14.7. The van der Waals surface area contributed by atoms with Crippen molar-refractivity contribution in [1.82, 2.24) is 20.1 Å². The highest BCUT2D eigenvalue weighted by molar-refractivity contribution is 5.90. The van der Waals surface area contributed by atoms with E-state index in [0.717, 1.165) is 47.4 Å². The molecule has 8 nitrogen and oxygen atoms in total. The average Bonchev–Trinajstić information content (AvgIpc) is 3.53. The van der Waals surface area contributed by atoms with Crippen LogP contribution in [0.1, 0.15) is 18.4 Å². The molecule has 0 radical (unpaired) electrons. The van der Waals surface area contributed by atoms with Crippen LogP contribution in [0.4, 0.5) is 5.82 Å². The van der Waals surface area contributed by atoms with E-state index in [4.69, 9.17) is 4.74 Å². The lowest BCUT2D eigenvalue weighted by atomic mass is 10.1. The number of fused-ring (bicyclic) bond motifs is 1. The van der Waals surface area contributed by atoms with Crippen molar-refractivity contribution < 1.29 is 14.6 Å². The zero-order chi connectivity index (χ0) is 24.0. The van der Waals surface area contributed by atoms with E-state index in [1.54, 1.807) is 0 Å². The standard InChI is InChI=1S/C27H29N5O3/c33-19-21-7-6-15-31(21)25-12-13-26(30-29-25)32-18-20(23-10-4-5-11-24(23)32)17-27(34)28-14-16-35-22-8-2-1-3-9-22/h1-5,8-13,18,21,33H,6-7,14-17,19H2,(H,28,34). The Morgan fingerprint density at radius 3 is 2.60 bits per heavy atom. The number of benzene rings is 2. The molecule has 2 aromatic carbocycles. The molecule has 2 aromatic heterocycles. The second-order valence-electron chi connectivity index (χ2n) is 8.65. The predicted molar refractivity (Wildman–Crippen MR) is 135 cm³/mol. The summed E-state index contributed by atoms with van der Waals surface area (Å²) >= 11 is 0. The number of nitrogens with one attached hydrogen (secondary N) is 1. The van der Waals surface area contributed by atoms with Crippen LogP contribution in [0, 0.1) is 0 Å². The number of aliphatic hydroxyl groups excluding tert-OH is 1. The molecule has 2 N–H and O–H groups in total. The van der Waals surface area contributed by atoms with Crippen molar-refractivity contribution in [3.63, 3.8) is 0 Å². The number of ether oxygens (including phenoxy) is 1. The molecule has 3 heterocycles. The Labute approximate surface area is 204 Å². The summed E-state index contributed by atoms with van der Waals surface area (Å²) in [6.07, 6.45) is 4.23. The zero-order valence-electron chi connectivity index (χ0n) is 19.5. The summed E-state index contributed by atoms with van der Waals surface area (Å²) in [6.45, 7) is 1.84. The number of carbonyl (C=O) groups is 1. The average molecular weight is 472 g/mol. The Morgan fingerprint density at radius 1 is 1.03 bits per heavy atom. The topological polar surface area (TPSA) is 92.5 Å². The highest BCUT2D eigenvalue weighted by Crippen LogP contribution is 2.27. The summed E-state index contributed by atoms with van der Waals surface area (Å²) in [5, 5.41) is 22.5. The van der Waals surface area contributed by atoms with Crippen molar-refractivity contribution in [1.29, 1.82) is 0 Å². The molecule has 1 unspecified atom stereocenters. The van der Waals surface area contributed by atoms with E-state index in [1.165, 1.54) is 0 Å². The first-order chi connectivity index (χ1) is 17.2. The van der Waals surface area contributed by atoms with E-state index in [2.05, 4.69) is 20.4 Å². The van der Waals surface area contributed by atoms with Crippen molar-refractivity contribution in [3.05, 3.63) is 78.5 Å². The lowest BCUT2D eigenvalue weighted by Crippen LogP contribution is -2.32. The maximum atomic E-state index is 12.6. The number of hydrogen-bond donors (Lipinski definition) is 2. The van der Waals surface area contributed by atoms with Gasteiger partial charge in [0.25, 0.3) is 0 Å². The van der Waals surface area contributed by atoms with Gasteiger partial charge >= 0.3 is 0 Å². The lowest BCUT2D eigenvalue weighted by molar-refractivity contribution is -0.120. The smallest absolute Gasteiger partial charge is 0.224 e. The molecule has 1 atom stereocenters. The molecule has 1 aliphatic rings. The molecular weight excluding hydrogens is 442 g/mol. The van der Waals surface area contributed by atoms with Crippen molar-refractivity contribution >= 4 is 22.6 Å². The van der Waals surface area contributed by atoms with Gasteiger partial charge in [0, 0.05) is 18.1 Å². The van der Waals surface area contributed by atoms with Crippen LogP contribution in [-0.2, 0) is 11.2 Å². The number of aliphatic hydroxyl groups is 1. The number of rotatable bonds is 9. The van der Waals surface area contributed by atoms with Gasteiger partial charge in [-0.3, -0.25) is 9.36 Å². The van der Waals surface area contributed by atoms with Gasteiger partial charge in [0.05, 0.1) is 31.1 Å². The van der Waals surface area contributed by atoms with Crippen molar-refractivity contribution in [2.24, 2.45) is 0 Å². The molecule has 0 bridgehead atoms. The fourth-order valence-corrected chi connectivity index (χ4v) is 4.62. The molecule has 1 fully saturated rings. The Bertz CT molecular complexity index is 1270. The van der Waals surface area contributed by atoms with E-state index in [1.807, 2.05) is 77.5 Å². The fraction of sp³-hybridized carbons (Fsp3) is 0.296. The molecule has 180 valence electrons. The molecule has 1 saturated heterocycles. The summed E-state index contributed by atoms with van der Waals surface area (Å²) in [5.41, 5.74) is 1.90. The normalized spacial score (nSPS) is 15.5. The third-order valence-electron chi connectivity index (χ3n) is 6.35. The van der Waals surface area contributed by atoms with Gasteiger partial charge in [-0.25, -0.2) is 0 Å². The number of amides is 1. The molecule has 0 aliphatic carbocycles. The van der Waals surface area contributed by atoms with Crippen LogP contribution < -0.4 is 15.0 Å². The third-order valence-corrected chi connectivity index (χ3v) is 6.35. The Kier molecular flexibility index (Phi) is 6.90. The van der Waals surface area contributed by atoms with Crippen molar-refractivity contribution in [2.45, 2.75) is 25.3 Å². The van der Waals surface area contributed by atoms with Gasteiger partial charge < -0.3 is 20.1 Å². The molecule has 8 heteroatoms. The number of nitrogens with zero attached hydrogens (tertiary/aromatic N) is 4. The summed E-state index contributed by atoms with van der Waals surface area (Å²) in [5.74, 6) is 2.19. The van der Waals surface area contributed by atoms with Crippen LogP contribution in [0.5, 0.6) is 5.75 Å². The van der Waals surface area contributed by atoms with Gasteiger partial charge in [0.1, 0.15) is 12.4 Å². The Morgan fingerprint density at radius 2 is 1.80 bits per heavy atom. The molecule has 0 spiro atoms. The first-order valence-electron chi connectivity index (χ1n) is 12.0. The molecule has 0 saturated carbocycles. The number of carbonyl (C=O) groups excluding carboxylic acids is 1. The minimum atomic E-state index is -0.0601. The highest BCUT2D eigenvalue weighted by Gasteiger charge is 2.25. The number of para-hydroxylation sites is 2. The van der Waals surface area contributed by atoms with Gasteiger partial charge in [0.15, 0.2) is 11.6 Å². The third kappa shape index (κ3) is 5.12. The van der Waals surface area contributed by atoms with E-state index in [-0.39, 0.29) is 25.0 Å². The summed E-state index contributed by atoms with van der Waals surface area (Å²) < 4.78 is 7.62. The van der Waals surface area contributed by atoms with E-state index >= 15 is 0 Å². The SMILES string of the molecule is O=C(Cc1cn(-c2ccc(N3CCCC3CO)nn2)c2ccccc12)NCCOc1ccccc1. The summed E-state index contributed by atoms with van der Waals surface area (Å²) in [6, 6.07) is 21.5. The summed E-state index contributed by atoms with van der Waals surface area (Å²) in [7, 11) is 0.